The van der Waals surface area contributed by atoms with Gasteiger partial charge in [-0.2, -0.15) is 0 Å². The Kier molecular flexibility index (Phi) is 4.08. The van der Waals surface area contributed by atoms with E-state index < -0.39 is 5.60 Å². The first-order valence-electron chi connectivity index (χ1n) is 4.77. The molecule has 0 aliphatic carbocycles. The molecule has 0 heterocycles. The minimum atomic E-state index is -0.683. The summed E-state index contributed by atoms with van der Waals surface area (Å²) < 4.78 is 5.20. The molecule has 15 heavy (non-hydrogen) atoms. The predicted molar refractivity (Wildman–Crippen MR) is 59.4 cm³/mol. The molecule has 2 heteroatoms. The number of benzene rings is 1. The number of carbonyl (C=O) groups excluding carboxylic acids is 1. The quantitative estimate of drug-likeness (QED) is 0.553. The Morgan fingerprint density at radius 1 is 1.40 bits per heavy atom. The van der Waals surface area contributed by atoms with Gasteiger partial charge in [-0.3, -0.25) is 0 Å². The lowest BCUT2D eigenvalue weighted by molar-refractivity contribution is -0.111. The van der Waals surface area contributed by atoms with Gasteiger partial charge >= 0.3 is 0 Å². The van der Waals surface area contributed by atoms with E-state index in [9.17, 15) is 4.79 Å². The normalized spacial score (nSPS) is 13.5. The average molecular weight is 202 g/mol. The van der Waals surface area contributed by atoms with Crippen molar-refractivity contribution >= 4 is 6.29 Å². The van der Waals surface area contributed by atoms with Gasteiger partial charge < -0.3 is 9.53 Å². The van der Waals surface area contributed by atoms with E-state index in [1.54, 1.807) is 14.0 Å². The molecule has 1 rings (SSSR count). The molecule has 0 aliphatic heterocycles. The van der Waals surface area contributed by atoms with Gasteiger partial charge in [0.25, 0.3) is 0 Å². The lowest BCUT2D eigenvalue weighted by Crippen LogP contribution is -2.25. The van der Waals surface area contributed by atoms with Crippen LogP contribution in [-0.4, -0.2) is 19.0 Å². The Labute approximate surface area is 90.3 Å². The van der Waals surface area contributed by atoms with Crippen molar-refractivity contribution < 1.29 is 9.53 Å². The van der Waals surface area contributed by atoms with E-state index in [0.717, 1.165) is 11.8 Å². The first kappa shape index (κ1) is 11.5. The molecule has 2 nitrogen and oxygen atoms in total. The molecule has 0 fully saturated rings. The Bertz CT molecular complexity index is 373. The summed E-state index contributed by atoms with van der Waals surface area (Å²) in [4.78, 5) is 10.4. The summed E-state index contributed by atoms with van der Waals surface area (Å²) in [5, 5.41) is 0. The van der Waals surface area contributed by atoms with Crippen LogP contribution in [0.3, 0.4) is 0 Å². The Morgan fingerprint density at radius 2 is 2.07 bits per heavy atom. The van der Waals surface area contributed by atoms with Crippen LogP contribution in [0, 0.1) is 11.8 Å². The highest BCUT2D eigenvalue weighted by molar-refractivity contribution is 5.53. The predicted octanol–water partition coefficient (Wildman–Crippen LogP) is 2.03. The molecule has 0 saturated carbocycles. The molecule has 0 bridgehead atoms. The van der Waals surface area contributed by atoms with Crippen LogP contribution in [0.1, 0.15) is 18.9 Å². The topological polar surface area (TPSA) is 26.3 Å². The Hall–Kier alpha value is -1.59. The maximum Gasteiger partial charge on any atom is 0.132 e. The van der Waals surface area contributed by atoms with E-state index in [2.05, 4.69) is 11.8 Å². The van der Waals surface area contributed by atoms with E-state index in [0.29, 0.717) is 0 Å². The number of hydrogen-bond acceptors (Lipinski definition) is 2. The first-order chi connectivity index (χ1) is 7.20. The summed E-state index contributed by atoms with van der Waals surface area (Å²) in [6.07, 6.45) is 1.10. The third-order valence-corrected chi connectivity index (χ3v) is 2.17. The highest BCUT2D eigenvalue weighted by Gasteiger charge is 2.19. The SMILES string of the molecule is CO[C@@](C)(C#Cc1ccccc1)CC=O. The fourth-order valence-corrected chi connectivity index (χ4v) is 1.07. The van der Waals surface area contributed by atoms with Gasteiger partial charge in [0.2, 0.25) is 0 Å². The van der Waals surface area contributed by atoms with Crippen LogP contribution in [0.4, 0.5) is 0 Å². The van der Waals surface area contributed by atoms with Crippen LogP contribution in [0.15, 0.2) is 30.3 Å². The Morgan fingerprint density at radius 3 is 2.60 bits per heavy atom. The van der Waals surface area contributed by atoms with Crippen LogP contribution >= 0.6 is 0 Å². The smallest absolute Gasteiger partial charge is 0.132 e. The van der Waals surface area contributed by atoms with Crippen molar-refractivity contribution in [2.75, 3.05) is 7.11 Å². The standard InChI is InChI=1S/C13H14O2/c1-13(15-2,10-11-14)9-8-12-6-4-3-5-7-12/h3-7,11H,10H2,1-2H3/t13-/m0/s1. The minimum Gasteiger partial charge on any atom is -0.365 e. The van der Waals surface area contributed by atoms with E-state index in [1.807, 2.05) is 30.3 Å². The number of rotatable bonds is 3. The van der Waals surface area contributed by atoms with Crippen molar-refractivity contribution in [3.05, 3.63) is 35.9 Å². The van der Waals surface area contributed by atoms with Crippen molar-refractivity contribution in [1.82, 2.24) is 0 Å². The van der Waals surface area contributed by atoms with Crippen molar-refractivity contribution in [3.63, 3.8) is 0 Å². The molecule has 0 aliphatic rings. The summed E-state index contributed by atoms with van der Waals surface area (Å²) in [6, 6.07) is 9.63. The van der Waals surface area contributed by atoms with Crippen LogP contribution in [-0.2, 0) is 9.53 Å². The van der Waals surface area contributed by atoms with Crippen LogP contribution in [0.2, 0.25) is 0 Å². The number of carbonyl (C=O) groups is 1. The molecule has 0 unspecified atom stereocenters. The maximum atomic E-state index is 10.4. The third-order valence-electron chi connectivity index (χ3n) is 2.17. The maximum absolute atomic E-state index is 10.4. The van der Waals surface area contributed by atoms with E-state index >= 15 is 0 Å². The second-order valence-electron chi connectivity index (χ2n) is 3.42. The van der Waals surface area contributed by atoms with Crippen molar-refractivity contribution in [2.45, 2.75) is 18.9 Å². The molecular weight excluding hydrogens is 188 g/mol. The number of ether oxygens (including phenoxy) is 1. The highest BCUT2D eigenvalue weighted by Crippen LogP contribution is 2.11. The molecule has 0 saturated heterocycles. The number of aldehydes is 1. The molecule has 1 aromatic rings. The van der Waals surface area contributed by atoms with Gasteiger partial charge in [0, 0.05) is 19.1 Å². The largest absolute Gasteiger partial charge is 0.365 e. The highest BCUT2D eigenvalue weighted by atomic mass is 16.5. The zero-order valence-electron chi connectivity index (χ0n) is 8.99. The summed E-state index contributed by atoms with van der Waals surface area (Å²) in [7, 11) is 1.56. The van der Waals surface area contributed by atoms with Gasteiger partial charge in [-0.05, 0) is 19.1 Å². The van der Waals surface area contributed by atoms with E-state index in [-0.39, 0.29) is 6.42 Å². The molecular formula is C13H14O2. The van der Waals surface area contributed by atoms with Crippen LogP contribution < -0.4 is 0 Å². The molecule has 1 aromatic carbocycles. The second-order valence-corrected chi connectivity index (χ2v) is 3.42. The van der Waals surface area contributed by atoms with Gasteiger partial charge in [-0.15, -0.1) is 0 Å². The van der Waals surface area contributed by atoms with Crippen molar-refractivity contribution in [1.29, 1.82) is 0 Å². The molecule has 0 amide bonds. The van der Waals surface area contributed by atoms with Crippen molar-refractivity contribution in [2.24, 2.45) is 0 Å². The molecule has 0 radical (unpaired) electrons. The Balaban J connectivity index is 2.83. The van der Waals surface area contributed by atoms with Gasteiger partial charge in [-0.1, -0.05) is 30.0 Å². The summed E-state index contributed by atoms with van der Waals surface area (Å²) in [5.41, 5.74) is 0.240. The number of methoxy groups -OCH3 is 1. The average Bonchev–Trinajstić information content (AvgIpc) is 2.28. The summed E-state index contributed by atoms with van der Waals surface area (Å²) in [5.74, 6) is 5.95. The monoisotopic (exact) mass is 202 g/mol. The van der Waals surface area contributed by atoms with Crippen molar-refractivity contribution in [3.8, 4) is 11.8 Å². The zero-order chi connectivity index (χ0) is 11.1. The lowest BCUT2D eigenvalue weighted by atomic mass is 10.0. The van der Waals surface area contributed by atoms with Crippen LogP contribution in [0.5, 0.6) is 0 Å². The van der Waals surface area contributed by atoms with Gasteiger partial charge in [-0.25, -0.2) is 0 Å². The molecule has 0 aromatic heterocycles. The summed E-state index contributed by atoms with van der Waals surface area (Å²) in [6.45, 7) is 1.80. The van der Waals surface area contributed by atoms with E-state index in [1.165, 1.54) is 0 Å². The zero-order valence-corrected chi connectivity index (χ0v) is 8.99. The number of hydrogen-bond donors (Lipinski definition) is 0. The van der Waals surface area contributed by atoms with Crippen LogP contribution in [0.25, 0.3) is 0 Å². The van der Waals surface area contributed by atoms with Gasteiger partial charge in [0.1, 0.15) is 11.9 Å². The fourth-order valence-electron chi connectivity index (χ4n) is 1.07. The third kappa shape index (κ3) is 3.57. The minimum absolute atomic E-state index is 0.281. The van der Waals surface area contributed by atoms with Gasteiger partial charge in [0.05, 0.1) is 0 Å². The molecule has 0 N–H and O–H groups in total. The first-order valence-corrected chi connectivity index (χ1v) is 4.77. The fraction of sp³-hybridized carbons (Fsp3) is 0.308. The molecule has 78 valence electrons. The lowest BCUT2D eigenvalue weighted by Gasteiger charge is -2.18. The second kappa shape index (κ2) is 5.33. The molecule has 1 atom stereocenters. The van der Waals surface area contributed by atoms with Gasteiger partial charge in [0.15, 0.2) is 0 Å². The molecule has 0 spiro atoms. The summed E-state index contributed by atoms with van der Waals surface area (Å²) >= 11 is 0. The van der Waals surface area contributed by atoms with E-state index in [4.69, 9.17) is 4.74 Å².